The standard InChI is InChI=1S/C14H22O2/c1-13(2,10-16-5)11-7-6-8-12(9-11)14(3,4)15/h6-9,15H,10H2,1-5H3. The van der Waals surface area contributed by atoms with Crippen LogP contribution in [0.2, 0.25) is 0 Å². The zero-order chi connectivity index (χ0) is 12.4. The van der Waals surface area contributed by atoms with Crippen LogP contribution in [0.15, 0.2) is 24.3 Å². The van der Waals surface area contributed by atoms with E-state index in [-0.39, 0.29) is 5.41 Å². The molecule has 0 aliphatic rings. The van der Waals surface area contributed by atoms with Crippen molar-refractivity contribution in [2.45, 2.75) is 38.7 Å². The highest BCUT2D eigenvalue weighted by Gasteiger charge is 2.23. The monoisotopic (exact) mass is 222 g/mol. The molecule has 2 heteroatoms. The molecule has 0 aliphatic heterocycles. The lowest BCUT2D eigenvalue weighted by Gasteiger charge is -2.26. The Bertz CT molecular complexity index is 348. The lowest BCUT2D eigenvalue weighted by Crippen LogP contribution is -2.25. The third-order valence-corrected chi connectivity index (χ3v) is 2.86. The Morgan fingerprint density at radius 2 is 1.69 bits per heavy atom. The molecule has 1 rings (SSSR count). The van der Waals surface area contributed by atoms with Crippen molar-refractivity contribution in [3.8, 4) is 0 Å². The zero-order valence-electron chi connectivity index (χ0n) is 10.9. The third kappa shape index (κ3) is 3.06. The van der Waals surface area contributed by atoms with Crippen LogP contribution in [0.5, 0.6) is 0 Å². The zero-order valence-corrected chi connectivity index (χ0v) is 10.9. The van der Waals surface area contributed by atoms with Crippen molar-refractivity contribution >= 4 is 0 Å². The molecule has 90 valence electrons. The lowest BCUT2D eigenvalue weighted by molar-refractivity contribution is 0.0782. The first kappa shape index (κ1) is 13.2. The van der Waals surface area contributed by atoms with Gasteiger partial charge in [-0.2, -0.15) is 0 Å². The summed E-state index contributed by atoms with van der Waals surface area (Å²) in [5, 5.41) is 9.98. The maximum atomic E-state index is 9.98. The third-order valence-electron chi connectivity index (χ3n) is 2.86. The second-order valence-corrected chi connectivity index (χ2v) is 5.46. The van der Waals surface area contributed by atoms with Gasteiger partial charge >= 0.3 is 0 Å². The Kier molecular flexibility index (Phi) is 3.76. The maximum Gasteiger partial charge on any atom is 0.0840 e. The molecule has 0 saturated heterocycles. The van der Waals surface area contributed by atoms with Crippen LogP contribution in [0.25, 0.3) is 0 Å². The largest absolute Gasteiger partial charge is 0.386 e. The van der Waals surface area contributed by atoms with Crippen LogP contribution in [-0.2, 0) is 15.8 Å². The first-order valence-electron chi connectivity index (χ1n) is 5.60. The van der Waals surface area contributed by atoms with Crippen molar-refractivity contribution in [3.05, 3.63) is 35.4 Å². The van der Waals surface area contributed by atoms with Gasteiger partial charge < -0.3 is 9.84 Å². The van der Waals surface area contributed by atoms with Gasteiger partial charge in [-0.05, 0) is 25.0 Å². The minimum Gasteiger partial charge on any atom is -0.386 e. The molecule has 0 amide bonds. The fourth-order valence-electron chi connectivity index (χ4n) is 1.76. The van der Waals surface area contributed by atoms with E-state index in [1.807, 2.05) is 12.1 Å². The maximum absolute atomic E-state index is 9.98. The van der Waals surface area contributed by atoms with Gasteiger partial charge in [-0.3, -0.25) is 0 Å². The van der Waals surface area contributed by atoms with E-state index in [4.69, 9.17) is 4.74 Å². The van der Waals surface area contributed by atoms with Crippen LogP contribution in [0.1, 0.15) is 38.8 Å². The molecule has 16 heavy (non-hydrogen) atoms. The fraction of sp³-hybridized carbons (Fsp3) is 0.571. The Morgan fingerprint density at radius 1 is 1.12 bits per heavy atom. The van der Waals surface area contributed by atoms with E-state index in [0.717, 1.165) is 5.56 Å². The highest BCUT2D eigenvalue weighted by molar-refractivity contribution is 5.32. The van der Waals surface area contributed by atoms with Crippen molar-refractivity contribution in [3.63, 3.8) is 0 Å². The fourth-order valence-corrected chi connectivity index (χ4v) is 1.76. The predicted octanol–water partition coefficient (Wildman–Crippen LogP) is 2.84. The van der Waals surface area contributed by atoms with E-state index in [1.54, 1.807) is 21.0 Å². The summed E-state index contributed by atoms with van der Waals surface area (Å²) in [6.07, 6.45) is 0. The van der Waals surface area contributed by atoms with Gasteiger partial charge in [0, 0.05) is 12.5 Å². The van der Waals surface area contributed by atoms with Gasteiger partial charge in [0.25, 0.3) is 0 Å². The summed E-state index contributed by atoms with van der Waals surface area (Å²) in [6, 6.07) is 8.07. The molecule has 0 aliphatic carbocycles. The van der Waals surface area contributed by atoms with Crippen molar-refractivity contribution in [2.75, 3.05) is 13.7 Å². The van der Waals surface area contributed by atoms with Crippen LogP contribution >= 0.6 is 0 Å². The average molecular weight is 222 g/mol. The van der Waals surface area contributed by atoms with Gasteiger partial charge in [-0.1, -0.05) is 38.1 Å². The van der Waals surface area contributed by atoms with Gasteiger partial charge in [0.1, 0.15) is 0 Å². The van der Waals surface area contributed by atoms with Crippen LogP contribution in [0.4, 0.5) is 0 Å². The second-order valence-electron chi connectivity index (χ2n) is 5.46. The van der Waals surface area contributed by atoms with Gasteiger partial charge in [0.2, 0.25) is 0 Å². The summed E-state index contributed by atoms with van der Waals surface area (Å²) >= 11 is 0. The Balaban J connectivity index is 3.08. The van der Waals surface area contributed by atoms with Crippen molar-refractivity contribution in [1.29, 1.82) is 0 Å². The summed E-state index contributed by atoms with van der Waals surface area (Å²) in [5.41, 5.74) is 1.30. The van der Waals surface area contributed by atoms with E-state index >= 15 is 0 Å². The molecule has 0 fully saturated rings. The molecule has 0 bridgehead atoms. The van der Waals surface area contributed by atoms with Crippen LogP contribution in [0, 0.1) is 0 Å². The smallest absolute Gasteiger partial charge is 0.0840 e. The normalized spacial score (nSPS) is 12.9. The van der Waals surface area contributed by atoms with E-state index in [0.29, 0.717) is 6.61 Å². The molecule has 2 nitrogen and oxygen atoms in total. The number of hydrogen-bond acceptors (Lipinski definition) is 2. The molecule has 0 atom stereocenters. The van der Waals surface area contributed by atoms with E-state index in [9.17, 15) is 5.11 Å². The minimum absolute atomic E-state index is 0.0317. The summed E-state index contributed by atoms with van der Waals surface area (Å²) in [4.78, 5) is 0. The molecule has 0 radical (unpaired) electrons. The van der Waals surface area contributed by atoms with E-state index in [2.05, 4.69) is 26.0 Å². The van der Waals surface area contributed by atoms with Crippen LogP contribution in [0.3, 0.4) is 0 Å². The van der Waals surface area contributed by atoms with Crippen LogP contribution in [-0.4, -0.2) is 18.8 Å². The number of benzene rings is 1. The van der Waals surface area contributed by atoms with E-state index < -0.39 is 5.60 Å². The summed E-state index contributed by atoms with van der Waals surface area (Å²) in [5.74, 6) is 0. The number of methoxy groups -OCH3 is 1. The number of ether oxygens (including phenoxy) is 1. The lowest BCUT2D eigenvalue weighted by atomic mass is 9.83. The molecule has 1 aromatic rings. The Labute approximate surface area is 98.3 Å². The summed E-state index contributed by atoms with van der Waals surface area (Å²) < 4.78 is 5.22. The van der Waals surface area contributed by atoms with E-state index in [1.165, 1.54) is 5.56 Å². The van der Waals surface area contributed by atoms with Gasteiger partial charge in [0.15, 0.2) is 0 Å². The van der Waals surface area contributed by atoms with Gasteiger partial charge in [0.05, 0.1) is 12.2 Å². The Morgan fingerprint density at radius 3 is 2.19 bits per heavy atom. The van der Waals surface area contributed by atoms with Crippen molar-refractivity contribution in [1.82, 2.24) is 0 Å². The summed E-state index contributed by atoms with van der Waals surface area (Å²) in [7, 11) is 1.71. The van der Waals surface area contributed by atoms with Gasteiger partial charge in [-0.15, -0.1) is 0 Å². The first-order valence-corrected chi connectivity index (χ1v) is 5.60. The molecule has 0 unspecified atom stereocenters. The van der Waals surface area contributed by atoms with Crippen molar-refractivity contribution in [2.24, 2.45) is 0 Å². The molecular formula is C14H22O2. The van der Waals surface area contributed by atoms with Gasteiger partial charge in [-0.25, -0.2) is 0 Å². The topological polar surface area (TPSA) is 29.5 Å². The molecule has 0 aromatic heterocycles. The van der Waals surface area contributed by atoms with Crippen molar-refractivity contribution < 1.29 is 9.84 Å². The number of hydrogen-bond donors (Lipinski definition) is 1. The molecule has 0 saturated carbocycles. The summed E-state index contributed by atoms with van der Waals surface area (Å²) in [6.45, 7) is 8.55. The highest BCUT2D eigenvalue weighted by Crippen LogP contribution is 2.27. The quantitative estimate of drug-likeness (QED) is 0.849. The molecule has 1 N–H and O–H groups in total. The first-order chi connectivity index (χ1) is 7.27. The minimum atomic E-state index is -0.792. The number of rotatable bonds is 4. The Hall–Kier alpha value is -0.860. The highest BCUT2D eigenvalue weighted by atomic mass is 16.5. The molecule has 0 heterocycles. The van der Waals surface area contributed by atoms with Crippen LogP contribution < -0.4 is 0 Å². The predicted molar refractivity (Wildman–Crippen MR) is 66.6 cm³/mol. The number of aliphatic hydroxyl groups is 1. The second kappa shape index (κ2) is 4.56. The molecular weight excluding hydrogens is 200 g/mol. The molecule has 0 spiro atoms. The SMILES string of the molecule is COCC(C)(C)c1cccc(C(C)(C)O)c1. The molecule has 1 aromatic carbocycles. The average Bonchev–Trinajstić information content (AvgIpc) is 2.16.